The molecule has 3 heterocycles. The molecule has 0 atom stereocenters. The lowest BCUT2D eigenvalue weighted by molar-refractivity contribution is 0.0730. The average molecular weight is 444 g/mol. The fraction of sp³-hybridized carbons (Fsp3) is 0.238. The Morgan fingerprint density at radius 2 is 1.90 bits per heavy atom. The van der Waals surface area contributed by atoms with Gasteiger partial charge in [0.1, 0.15) is 0 Å². The summed E-state index contributed by atoms with van der Waals surface area (Å²) in [5.74, 6) is -0.264. The molecule has 1 amide bonds. The van der Waals surface area contributed by atoms with Crippen molar-refractivity contribution in [2.75, 3.05) is 26.3 Å². The van der Waals surface area contributed by atoms with Crippen molar-refractivity contribution in [1.82, 2.24) is 14.6 Å². The number of sulfonamides is 1. The van der Waals surface area contributed by atoms with E-state index < -0.39 is 10.0 Å². The first-order valence-electron chi connectivity index (χ1n) is 9.49. The van der Waals surface area contributed by atoms with Gasteiger partial charge in [-0.3, -0.25) is 9.78 Å². The van der Waals surface area contributed by atoms with E-state index in [2.05, 4.69) is 10.3 Å². The zero-order valence-electron chi connectivity index (χ0n) is 16.2. The number of thiophene rings is 1. The molecular formula is C21H21N3O4S2. The highest BCUT2D eigenvalue weighted by Crippen LogP contribution is 2.23. The highest BCUT2D eigenvalue weighted by Gasteiger charge is 2.26. The van der Waals surface area contributed by atoms with Crippen LogP contribution in [0.5, 0.6) is 0 Å². The predicted octanol–water partition coefficient (Wildman–Crippen LogP) is 2.76. The minimum Gasteiger partial charge on any atom is -0.379 e. The van der Waals surface area contributed by atoms with Crippen molar-refractivity contribution in [3.05, 3.63) is 71.2 Å². The smallest absolute Gasteiger partial charge is 0.251 e. The number of hydrogen-bond acceptors (Lipinski definition) is 6. The molecule has 0 bridgehead atoms. The van der Waals surface area contributed by atoms with Gasteiger partial charge < -0.3 is 10.1 Å². The molecule has 7 nitrogen and oxygen atoms in total. The van der Waals surface area contributed by atoms with E-state index in [0.29, 0.717) is 38.4 Å². The third-order valence-corrected chi connectivity index (χ3v) is 7.58. The Morgan fingerprint density at radius 3 is 2.60 bits per heavy atom. The highest BCUT2D eigenvalue weighted by atomic mass is 32.2. The standard InChI is InChI=1S/C21H21N3O4S2/c25-21(23-15-16-7-8-22-19(14-16)20-2-1-13-29-20)17-3-5-18(6-4-17)30(26,27)24-9-11-28-12-10-24/h1-8,13-14H,9-12,15H2,(H,23,25). The van der Waals surface area contributed by atoms with Crippen molar-refractivity contribution in [3.63, 3.8) is 0 Å². The van der Waals surface area contributed by atoms with Crippen LogP contribution in [-0.4, -0.2) is 49.9 Å². The van der Waals surface area contributed by atoms with E-state index >= 15 is 0 Å². The van der Waals surface area contributed by atoms with E-state index in [4.69, 9.17) is 4.74 Å². The summed E-state index contributed by atoms with van der Waals surface area (Å²) in [5, 5.41) is 4.86. The van der Waals surface area contributed by atoms with Crippen LogP contribution in [0.1, 0.15) is 15.9 Å². The summed E-state index contributed by atoms with van der Waals surface area (Å²) < 4.78 is 32.0. The number of amides is 1. The van der Waals surface area contributed by atoms with Gasteiger partial charge in [0, 0.05) is 31.4 Å². The van der Waals surface area contributed by atoms with Gasteiger partial charge in [-0.25, -0.2) is 8.42 Å². The number of ether oxygens (including phenoxy) is 1. The lowest BCUT2D eigenvalue weighted by Gasteiger charge is -2.26. The average Bonchev–Trinajstić information content (AvgIpc) is 3.33. The predicted molar refractivity (Wildman–Crippen MR) is 115 cm³/mol. The van der Waals surface area contributed by atoms with Gasteiger partial charge in [0.25, 0.3) is 5.91 Å². The quantitative estimate of drug-likeness (QED) is 0.633. The second kappa shape index (κ2) is 9.05. The fourth-order valence-corrected chi connectivity index (χ4v) is 5.24. The lowest BCUT2D eigenvalue weighted by Crippen LogP contribution is -2.40. The number of benzene rings is 1. The Balaban J connectivity index is 1.40. The fourth-order valence-electron chi connectivity index (χ4n) is 3.14. The normalized spacial score (nSPS) is 15.1. The molecule has 4 rings (SSSR count). The van der Waals surface area contributed by atoms with Crippen molar-refractivity contribution >= 4 is 27.3 Å². The van der Waals surface area contributed by atoms with Crippen LogP contribution in [0.25, 0.3) is 10.6 Å². The summed E-state index contributed by atoms with van der Waals surface area (Å²) >= 11 is 1.61. The maximum Gasteiger partial charge on any atom is 0.251 e. The lowest BCUT2D eigenvalue weighted by atomic mass is 10.2. The topological polar surface area (TPSA) is 88.6 Å². The molecular weight excluding hydrogens is 422 g/mol. The molecule has 0 aliphatic carbocycles. The third kappa shape index (κ3) is 4.59. The van der Waals surface area contributed by atoms with E-state index in [0.717, 1.165) is 16.1 Å². The Kier molecular flexibility index (Phi) is 6.24. The van der Waals surface area contributed by atoms with Gasteiger partial charge in [-0.05, 0) is 53.4 Å². The molecule has 2 aromatic heterocycles. The first-order chi connectivity index (χ1) is 14.5. The number of nitrogens with zero attached hydrogens (tertiary/aromatic N) is 2. The molecule has 0 saturated carbocycles. The summed E-state index contributed by atoms with van der Waals surface area (Å²) in [6, 6.07) is 13.8. The molecule has 1 aromatic carbocycles. The number of rotatable bonds is 6. The number of morpholine rings is 1. The molecule has 9 heteroatoms. The van der Waals surface area contributed by atoms with Crippen LogP contribution in [-0.2, 0) is 21.3 Å². The van der Waals surface area contributed by atoms with Gasteiger partial charge in [-0.2, -0.15) is 4.31 Å². The van der Waals surface area contributed by atoms with Crippen LogP contribution in [0.15, 0.2) is 65.0 Å². The summed E-state index contributed by atoms with van der Waals surface area (Å²) in [6.07, 6.45) is 1.72. The SMILES string of the molecule is O=C(NCc1ccnc(-c2cccs2)c1)c1ccc(S(=O)(=O)N2CCOCC2)cc1. The molecule has 0 unspecified atom stereocenters. The molecule has 3 aromatic rings. The zero-order valence-corrected chi connectivity index (χ0v) is 17.8. The molecule has 1 aliphatic rings. The Morgan fingerprint density at radius 1 is 1.13 bits per heavy atom. The van der Waals surface area contributed by atoms with Crippen LogP contribution in [0.4, 0.5) is 0 Å². The van der Waals surface area contributed by atoms with Gasteiger partial charge in [0.2, 0.25) is 10.0 Å². The van der Waals surface area contributed by atoms with Gasteiger partial charge in [0.05, 0.1) is 28.7 Å². The number of carbonyl (C=O) groups excluding carboxylic acids is 1. The van der Waals surface area contributed by atoms with E-state index in [1.54, 1.807) is 17.5 Å². The molecule has 1 N–H and O–H groups in total. The van der Waals surface area contributed by atoms with Crippen LogP contribution in [0.2, 0.25) is 0 Å². The van der Waals surface area contributed by atoms with E-state index in [-0.39, 0.29) is 10.8 Å². The number of pyridine rings is 1. The van der Waals surface area contributed by atoms with Gasteiger partial charge >= 0.3 is 0 Å². The van der Waals surface area contributed by atoms with Crippen LogP contribution < -0.4 is 5.32 Å². The highest BCUT2D eigenvalue weighted by molar-refractivity contribution is 7.89. The minimum absolute atomic E-state index is 0.177. The van der Waals surface area contributed by atoms with E-state index in [1.165, 1.54) is 28.6 Å². The molecule has 30 heavy (non-hydrogen) atoms. The maximum atomic E-state index is 12.7. The number of carbonyl (C=O) groups is 1. The van der Waals surface area contributed by atoms with Crippen LogP contribution in [0.3, 0.4) is 0 Å². The molecule has 1 fully saturated rings. The molecule has 156 valence electrons. The second-order valence-corrected chi connectivity index (χ2v) is 9.64. The van der Waals surface area contributed by atoms with Gasteiger partial charge in [-0.15, -0.1) is 11.3 Å². The summed E-state index contributed by atoms with van der Waals surface area (Å²) in [5.41, 5.74) is 2.21. The maximum absolute atomic E-state index is 12.7. The van der Waals surface area contributed by atoms with E-state index in [1.807, 2.05) is 29.6 Å². The van der Waals surface area contributed by atoms with Gasteiger partial charge in [-0.1, -0.05) is 6.07 Å². The van der Waals surface area contributed by atoms with Gasteiger partial charge in [0.15, 0.2) is 0 Å². The Labute approximate surface area is 179 Å². The summed E-state index contributed by atoms with van der Waals surface area (Å²) in [4.78, 5) is 18.1. The minimum atomic E-state index is -3.57. The van der Waals surface area contributed by atoms with Crippen LogP contribution >= 0.6 is 11.3 Å². The third-order valence-electron chi connectivity index (χ3n) is 4.78. The first-order valence-corrected chi connectivity index (χ1v) is 11.8. The van der Waals surface area contributed by atoms with Crippen LogP contribution in [0, 0.1) is 0 Å². The summed E-state index contributed by atoms with van der Waals surface area (Å²) in [6.45, 7) is 1.81. The van der Waals surface area contributed by atoms with Crippen molar-refractivity contribution in [2.45, 2.75) is 11.4 Å². The number of aromatic nitrogens is 1. The van der Waals surface area contributed by atoms with E-state index in [9.17, 15) is 13.2 Å². The molecule has 1 aliphatic heterocycles. The monoisotopic (exact) mass is 443 g/mol. The largest absolute Gasteiger partial charge is 0.379 e. The van der Waals surface area contributed by atoms with Crippen molar-refractivity contribution in [1.29, 1.82) is 0 Å². The zero-order chi connectivity index (χ0) is 21.0. The molecule has 0 radical (unpaired) electrons. The van der Waals surface area contributed by atoms with Crippen molar-refractivity contribution in [3.8, 4) is 10.6 Å². The Bertz CT molecular complexity index is 1110. The van der Waals surface area contributed by atoms with Crippen molar-refractivity contribution < 1.29 is 17.9 Å². The van der Waals surface area contributed by atoms with Crippen molar-refractivity contribution in [2.24, 2.45) is 0 Å². The Hall–Kier alpha value is -2.59. The number of hydrogen-bond donors (Lipinski definition) is 1. The summed E-state index contributed by atoms with van der Waals surface area (Å²) in [7, 11) is -3.57. The molecule has 1 saturated heterocycles. The first kappa shape index (κ1) is 20.7. The molecule has 0 spiro atoms. The number of nitrogens with one attached hydrogen (secondary N) is 1. The second-order valence-electron chi connectivity index (χ2n) is 6.75.